The van der Waals surface area contributed by atoms with Gasteiger partial charge in [0.05, 0.1) is 5.51 Å². The Kier molecular flexibility index (Phi) is 5.62. The fourth-order valence-corrected chi connectivity index (χ4v) is 1.91. The van der Waals surface area contributed by atoms with Gasteiger partial charge in [0.25, 0.3) is 0 Å². The van der Waals surface area contributed by atoms with Crippen LogP contribution in [0.2, 0.25) is 0 Å². The lowest BCUT2D eigenvalue weighted by atomic mass is 10.2. The number of hydrogen-bond donors (Lipinski definition) is 1. The minimum Gasteiger partial charge on any atom is -0.445 e. The number of carbonyl (C=O) groups excluding carboxylic acids is 1. The number of aromatic nitrogens is 1. The number of alkyl carbamates (subject to hydrolysis) is 1. The van der Waals surface area contributed by atoms with Crippen molar-refractivity contribution < 1.29 is 9.53 Å². The highest BCUT2D eigenvalue weighted by Gasteiger charge is 2.00. The molecule has 0 radical (unpaired) electrons. The Balaban J connectivity index is 1.61. The number of rotatable bonds is 4. The van der Waals surface area contributed by atoms with Gasteiger partial charge in [0.15, 0.2) is 0 Å². The minimum atomic E-state index is -0.427. The summed E-state index contributed by atoms with van der Waals surface area (Å²) in [6, 6.07) is 9.55. The number of nitrogens with zero attached hydrogens (tertiary/aromatic N) is 1. The smallest absolute Gasteiger partial charge is 0.407 e. The van der Waals surface area contributed by atoms with Gasteiger partial charge < -0.3 is 10.1 Å². The first kappa shape index (κ1) is 14.1. The van der Waals surface area contributed by atoms with E-state index in [9.17, 15) is 4.79 Å². The van der Waals surface area contributed by atoms with Crippen LogP contribution in [-0.2, 0) is 11.3 Å². The van der Waals surface area contributed by atoms with Gasteiger partial charge in [0, 0.05) is 18.3 Å². The van der Waals surface area contributed by atoms with Crippen LogP contribution in [-0.4, -0.2) is 17.6 Å². The van der Waals surface area contributed by atoms with Gasteiger partial charge in [0.2, 0.25) is 0 Å². The van der Waals surface area contributed by atoms with Gasteiger partial charge in [-0.15, -0.1) is 11.3 Å². The average molecular weight is 286 g/mol. The maximum Gasteiger partial charge on any atom is 0.407 e. The Labute approximate surface area is 121 Å². The fourth-order valence-electron chi connectivity index (χ4n) is 1.43. The molecule has 5 heteroatoms. The highest BCUT2D eigenvalue weighted by Crippen LogP contribution is 2.00. The van der Waals surface area contributed by atoms with E-state index in [1.165, 1.54) is 11.3 Å². The maximum atomic E-state index is 11.4. The molecule has 0 saturated carbocycles. The molecule has 1 N–H and O–H groups in total. The van der Waals surface area contributed by atoms with Crippen LogP contribution < -0.4 is 5.32 Å². The third-order valence-electron chi connectivity index (χ3n) is 2.38. The van der Waals surface area contributed by atoms with Crippen molar-refractivity contribution in [3.8, 4) is 11.8 Å². The van der Waals surface area contributed by atoms with Crippen LogP contribution in [0.25, 0.3) is 0 Å². The zero-order valence-electron chi connectivity index (χ0n) is 10.8. The van der Waals surface area contributed by atoms with Crippen molar-refractivity contribution in [1.82, 2.24) is 10.3 Å². The number of ether oxygens (including phenoxy) is 1. The molecule has 0 aliphatic rings. The first-order valence-electron chi connectivity index (χ1n) is 6.16. The van der Waals surface area contributed by atoms with Gasteiger partial charge in [-0.05, 0) is 11.5 Å². The normalized spacial score (nSPS) is 9.40. The van der Waals surface area contributed by atoms with Gasteiger partial charge in [-0.3, -0.25) is 0 Å². The molecule has 1 aromatic heterocycles. The first-order chi connectivity index (χ1) is 9.84. The molecular weight excluding hydrogens is 272 g/mol. The van der Waals surface area contributed by atoms with Gasteiger partial charge in [-0.25, -0.2) is 9.78 Å². The van der Waals surface area contributed by atoms with Crippen LogP contribution in [0.1, 0.15) is 17.7 Å². The first-order valence-corrected chi connectivity index (χ1v) is 7.10. The SMILES string of the molecule is O=C(NCCC#Cc1cscn1)OCc1ccccc1. The Morgan fingerprint density at radius 1 is 1.35 bits per heavy atom. The van der Waals surface area contributed by atoms with Gasteiger partial charge in [-0.2, -0.15) is 0 Å². The predicted octanol–water partition coefficient (Wildman–Crippen LogP) is 2.81. The van der Waals surface area contributed by atoms with Gasteiger partial charge in [0.1, 0.15) is 12.3 Å². The lowest BCUT2D eigenvalue weighted by Gasteiger charge is -2.05. The number of thiazole rings is 1. The quantitative estimate of drug-likeness (QED) is 0.694. The maximum absolute atomic E-state index is 11.4. The highest BCUT2D eigenvalue weighted by molar-refractivity contribution is 7.07. The van der Waals surface area contributed by atoms with E-state index in [4.69, 9.17) is 4.74 Å². The standard InChI is InChI=1S/C15H14N2O2S/c18-15(19-10-13-6-2-1-3-7-13)16-9-5-4-8-14-11-20-12-17-14/h1-3,6-7,11-12H,5,9-10H2,(H,16,18). The molecule has 1 aromatic carbocycles. The Morgan fingerprint density at radius 2 is 2.20 bits per heavy atom. The number of carbonyl (C=O) groups is 1. The monoisotopic (exact) mass is 286 g/mol. The van der Waals surface area contributed by atoms with Crippen molar-refractivity contribution in [1.29, 1.82) is 0 Å². The van der Waals surface area contributed by atoms with Crippen LogP contribution in [0.15, 0.2) is 41.2 Å². The van der Waals surface area contributed by atoms with Crippen molar-refractivity contribution in [3.05, 3.63) is 52.5 Å². The fraction of sp³-hybridized carbons (Fsp3) is 0.200. The van der Waals surface area contributed by atoms with E-state index in [0.717, 1.165) is 11.3 Å². The molecule has 1 amide bonds. The van der Waals surface area contributed by atoms with Crippen LogP contribution in [0.5, 0.6) is 0 Å². The molecule has 0 fully saturated rings. The van der Waals surface area contributed by atoms with E-state index in [0.29, 0.717) is 13.0 Å². The van der Waals surface area contributed by atoms with Crippen LogP contribution in [0.4, 0.5) is 4.79 Å². The summed E-state index contributed by atoms with van der Waals surface area (Å²) < 4.78 is 5.07. The third-order valence-corrected chi connectivity index (χ3v) is 2.97. The average Bonchev–Trinajstić information content (AvgIpc) is 2.99. The molecule has 4 nitrogen and oxygen atoms in total. The number of amides is 1. The van der Waals surface area contributed by atoms with Crippen molar-refractivity contribution in [2.24, 2.45) is 0 Å². The number of nitrogens with one attached hydrogen (secondary N) is 1. The van der Waals surface area contributed by atoms with Gasteiger partial charge >= 0.3 is 6.09 Å². The van der Waals surface area contributed by atoms with Gasteiger partial charge in [-0.1, -0.05) is 36.3 Å². The van der Waals surface area contributed by atoms with E-state index in [-0.39, 0.29) is 6.61 Å². The summed E-state index contributed by atoms with van der Waals surface area (Å²) in [6.07, 6.45) is 0.141. The Bertz CT molecular complexity index is 585. The summed E-state index contributed by atoms with van der Waals surface area (Å²) in [5, 5.41) is 4.54. The minimum absolute atomic E-state index is 0.275. The highest BCUT2D eigenvalue weighted by atomic mass is 32.1. The molecule has 20 heavy (non-hydrogen) atoms. The molecule has 0 aliphatic heterocycles. The van der Waals surface area contributed by atoms with Crippen molar-refractivity contribution in [2.45, 2.75) is 13.0 Å². The summed E-state index contributed by atoms with van der Waals surface area (Å²) in [6.45, 7) is 0.738. The van der Waals surface area contributed by atoms with Crippen molar-refractivity contribution >= 4 is 17.4 Å². The van der Waals surface area contributed by atoms with Crippen LogP contribution in [0.3, 0.4) is 0 Å². The molecule has 0 saturated heterocycles. The molecule has 0 aliphatic carbocycles. The summed E-state index contributed by atoms with van der Waals surface area (Å²) in [5.41, 5.74) is 3.47. The number of benzene rings is 1. The zero-order valence-corrected chi connectivity index (χ0v) is 11.7. The molecule has 0 bridgehead atoms. The van der Waals surface area contributed by atoms with Crippen molar-refractivity contribution in [2.75, 3.05) is 6.54 Å². The van der Waals surface area contributed by atoms with Crippen LogP contribution >= 0.6 is 11.3 Å². The largest absolute Gasteiger partial charge is 0.445 e. The molecule has 0 unspecified atom stereocenters. The summed E-state index contributed by atoms with van der Waals surface area (Å²) in [5.74, 6) is 5.85. The van der Waals surface area contributed by atoms with Crippen LogP contribution in [0, 0.1) is 11.8 Å². The second-order valence-corrected chi connectivity index (χ2v) is 4.63. The molecule has 2 rings (SSSR count). The van der Waals surface area contributed by atoms with E-state index in [1.54, 1.807) is 5.51 Å². The molecule has 0 spiro atoms. The summed E-state index contributed by atoms with van der Waals surface area (Å²) >= 11 is 1.51. The second kappa shape index (κ2) is 7.97. The zero-order chi connectivity index (χ0) is 14.0. The van der Waals surface area contributed by atoms with E-state index >= 15 is 0 Å². The Hall–Kier alpha value is -2.32. The third kappa shape index (κ3) is 5.12. The van der Waals surface area contributed by atoms with E-state index in [2.05, 4.69) is 22.1 Å². The second-order valence-electron chi connectivity index (χ2n) is 3.91. The summed E-state index contributed by atoms with van der Waals surface area (Å²) in [4.78, 5) is 15.5. The summed E-state index contributed by atoms with van der Waals surface area (Å²) in [7, 11) is 0. The molecule has 102 valence electrons. The van der Waals surface area contributed by atoms with E-state index in [1.807, 2.05) is 35.7 Å². The Morgan fingerprint density at radius 3 is 2.95 bits per heavy atom. The molecule has 0 atom stereocenters. The number of hydrogen-bond acceptors (Lipinski definition) is 4. The topological polar surface area (TPSA) is 51.2 Å². The van der Waals surface area contributed by atoms with E-state index < -0.39 is 6.09 Å². The van der Waals surface area contributed by atoms with Crippen molar-refractivity contribution in [3.63, 3.8) is 0 Å². The molecule has 1 heterocycles. The lowest BCUT2D eigenvalue weighted by molar-refractivity contribution is 0.140. The predicted molar refractivity (Wildman–Crippen MR) is 78.2 cm³/mol. The lowest BCUT2D eigenvalue weighted by Crippen LogP contribution is -2.24. The molecular formula is C15H14N2O2S. The molecule has 2 aromatic rings.